The van der Waals surface area contributed by atoms with Gasteiger partial charge in [0.2, 0.25) is 5.89 Å². The molecule has 8 heteroatoms. The number of amides is 2. The number of benzene rings is 3. The Morgan fingerprint density at radius 1 is 1.05 bits per heavy atom. The molecule has 1 aromatic heterocycles. The van der Waals surface area contributed by atoms with Crippen LogP contribution in [0.4, 0.5) is 10.5 Å². The Morgan fingerprint density at radius 3 is 2.33 bits per heavy atom. The summed E-state index contributed by atoms with van der Waals surface area (Å²) >= 11 is 0. The van der Waals surface area contributed by atoms with Gasteiger partial charge in [0, 0.05) is 47.4 Å². The van der Waals surface area contributed by atoms with Crippen molar-refractivity contribution in [1.82, 2.24) is 15.2 Å². The van der Waals surface area contributed by atoms with E-state index in [4.69, 9.17) is 14.9 Å². The van der Waals surface area contributed by atoms with E-state index in [1.165, 1.54) is 0 Å². The first kappa shape index (κ1) is 29.2. The number of nitrogens with zero attached hydrogens (tertiary/aromatic N) is 2. The summed E-state index contributed by atoms with van der Waals surface area (Å²) in [6.45, 7) is 11.4. The molecule has 0 radical (unpaired) electrons. The number of carbonyl (C=O) groups is 2. The van der Waals surface area contributed by atoms with Crippen molar-refractivity contribution < 1.29 is 18.7 Å². The highest BCUT2D eigenvalue weighted by molar-refractivity contribution is 5.94. The van der Waals surface area contributed by atoms with Crippen molar-refractivity contribution in [3.63, 3.8) is 0 Å². The highest BCUT2D eigenvalue weighted by Gasteiger charge is 2.38. The molecule has 0 saturated carbocycles. The third kappa shape index (κ3) is 6.27. The zero-order valence-electron chi connectivity index (χ0n) is 25.1. The second-order valence-electron chi connectivity index (χ2n) is 12.5. The average Bonchev–Trinajstić information content (AvgIpc) is 3.39. The van der Waals surface area contributed by atoms with Crippen LogP contribution in [-0.4, -0.2) is 47.1 Å². The number of fused-ring (bicyclic) bond motifs is 1. The van der Waals surface area contributed by atoms with Crippen molar-refractivity contribution in [3.8, 4) is 11.5 Å². The molecule has 220 valence electrons. The Hall–Kier alpha value is -4.33. The summed E-state index contributed by atoms with van der Waals surface area (Å²) in [5.74, 6) is 0.578. The predicted octanol–water partition coefficient (Wildman–Crippen LogP) is 6.90. The summed E-state index contributed by atoms with van der Waals surface area (Å²) in [7, 11) is 0. The van der Waals surface area contributed by atoms with E-state index in [2.05, 4.69) is 36.3 Å². The fourth-order valence-electron chi connectivity index (χ4n) is 5.55. The topological polar surface area (TPSA) is 111 Å². The van der Waals surface area contributed by atoms with Crippen molar-refractivity contribution in [3.05, 3.63) is 83.4 Å². The van der Waals surface area contributed by atoms with Gasteiger partial charge in [0.25, 0.3) is 5.91 Å². The standard InChI is InChI=1S/C34H40N4O4/c1-22(2)27-19-26(35)20-28-29(27)41-31(37-28)24-13-11-23(12-14-24)30(39)36-21-34(25-9-7-6-8-10-25)15-17-38(18-16-34)32(40)42-33(3,4)5/h6-14,19-20,22H,15-18,21,35H2,1-5H3,(H,36,39). The van der Waals surface area contributed by atoms with Crippen LogP contribution in [0.2, 0.25) is 0 Å². The number of carbonyl (C=O) groups excluding carboxylic acids is 2. The van der Waals surface area contributed by atoms with Crippen LogP contribution in [0.15, 0.2) is 71.1 Å². The number of oxazole rings is 1. The lowest BCUT2D eigenvalue weighted by Crippen LogP contribution is -2.51. The molecule has 8 nitrogen and oxygen atoms in total. The first-order valence-electron chi connectivity index (χ1n) is 14.6. The van der Waals surface area contributed by atoms with Crippen molar-refractivity contribution in [2.45, 2.75) is 64.4 Å². The molecule has 42 heavy (non-hydrogen) atoms. The Bertz CT molecular complexity index is 1560. The Kier molecular flexibility index (Phi) is 7.99. The Balaban J connectivity index is 1.29. The normalized spacial score (nSPS) is 15.1. The number of hydrogen-bond acceptors (Lipinski definition) is 6. The molecule has 1 fully saturated rings. The second kappa shape index (κ2) is 11.5. The van der Waals surface area contributed by atoms with E-state index < -0.39 is 5.60 Å². The summed E-state index contributed by atoms with van der Waals surface area (Å²) in [6.07, 6.45) is 1.14. The molecule has 2 amide bonds. The molecule has 1 saturated heterocycles. The van der Waals surface area contributed by atoms with Crippen LogP contribution in [0, 0.1) is 0 Å². The maximum Gasteiger partial charge on any atom is 0.410 e. The molecule has 3 aromatic carbocycles. The van der Waals surface area contributed by atoms with Crippen LogP contribution >= 0.6 is 0 Å². The first-order valence-corrected chi connectivity index (χ1v) is 14.6. The zero-order chi connectivity index (χ0) is 30.1. The number of aromatic nitrogens is 1. The number of nitrogens with two attached hydrogens (primary N) is 1. The molecule has 0 aliphatic carbocycles. The predicted molar refractivity (Wildman–Crippen MR) is 165 cm³/mol. The molecular formula is C34H40N4O4. The molecule has 2 heterocycles. The van der Waals surface area contributed by atoms with E-state index in [0.717, 1.165) is 40.6 Å². The lowest BCUT2D eigenvalue weighted by Gasteiger charge is -2.42. The number of nitrogens with one attached hydrogen (secondary N) is 1. The third-order valence-electron chi connectivity index (χ3n) is 7.90. The van der Waals surface area contributed by atoms with Crippen LogP contribution in [0.25, 0.3) is 22.6 Å². The van der Waals surface area contributed by atoms with Gasteiger partial charge in [0.1, 0.15) is 11.1 Å². The van der Waals surface area contributed by atoms with E-state index in [9.17, 15) is 9.59 Å². The van der Waals surface area contributed by atoms with E-state index in [-0.39, 0.29) is 23.3 Å². The second-order valence-corrected chi connectivity index (χ2v) is 12.5. The SMILES string of the molecule is CC(C)c1cc(N)cc2nc(-c3ccc(C(=O)NCC4(c5ccccc5)CCN(C(=O)OC(C)(C)C)CC4)cc3)oc12. The lowest BCUT2D eigenvalue weighted by atomic mass is 9.72. The van der Waals surface area contributed by atoms with Gasteiger partial charge in [-0.25, -0.2) is 9.78 Å². The highest BCUT2D eigenvalue weighted by Crippen LogP contribution is 2.36. The van der Waals surface area contributed by atoms with Gasteiger partial charge in [0.05, 0.1) is 0 Å². The summed E-state index contributed by atoms with van der Waals surface area (Å²) < 4.78 is 11.7. The van der Waals surface area contributed by atoms with E-state index in [1.807, 2.05) is 63.2 Å². The molecule has 1 aliphatic rings. The molecule has 0 spiro atoms. The molecule has 1 aliphatic heterocycles. The monoisotopic (exact) mass is 568 g/mol. The van der Waals surface area contributed by atoms with E-state index in [1.54, 1.807) is 17.0 Å². The van der Waals surface area contributed by atoms with Gasteiger partial charge in [-0.15, -0.1) is 0 Å². The van der Waals surface area contributed by atoms with E-state index in [0.29, 0.717) is 36.8 Å². The zero-order valence-corrected chi connectivity index (χ0v) is 25.1. The maximum absolute atomic E-state index is 13.3. The summed E-state index contributed by atoms with van der Waals surface area (Å²) in [5.41, 5.74) is 10.9. The number of nitrogen functional groups attached to an aromatic ring is 1. The molecule has 3 N–H and O–H groups in total. The van der Waals surface area contributed by atoms with Gasteiger partial charge in [-0.1, -0.05) is 44.2 Å². The molecule has 0 unspecified atom stereocenters. The molecule has 0 bridgehead atoms. The van der Waals surface area contributed by atoms with Crippen molar-refractivity contribution in [2.75, 3.05) is 25.4 Å². The number of rotatable bonds is 6. The van der Waals surface area contributed by atoms with Crippen molar-refractivity contribution in [1.29, 1.82) is 0 Å². The highest BCUT2D eigenvalue weighted by atomic mass is 16.6. The van der Waals surface area contributed by atoms with E-state index >= 15 is 0 Å². The summed E-state index contributed by atoms with van der Waals surface area (Å²) in [4.78, 5) is 32.4. The minimum absolute atomic E-state index is 0.154. The van der Waals surface area contributed by atoms with Gasteiger partial charge < -0.3 is 25.1 Å². The Morgan fingerprint density at radius 2 is 1.71 bits per heavy atom. The summed E-state index contributed by atoms with van der Waals surface area (Å²) in [5, 5.41) is 3.17. The quantitative estimate of drug-likeness (QED) is 0.245. The minimum atomic E-state index is -0.542. The number of piperidine rings is 1. The summed E-state index contributed by atoms with van der Waals surface area (Å²) in [6, 6.07) is 21.2. The Labute approximate surface area is 247 Å². The molecule has 0 atom stereocenters. The number of anilines is 1. The molecule has 5 rings (SSSR count). The van der Waals surface area contributed by atoms with Crippen LogP contribution in [-0.2, 0) is 10.2 Å². The van der Waals surface area contributed by atoms with Crippen LogP contribution in [0.5, 0.6) is 0 Å². The molecular weight excluding hydrogens is 528 g/mol. The van der Waals surface area contributed by atoms with Crippen LogP contribution in [0.1, 0.15) is 74.9 Å². The number of likely N-dealkylation sites (tertiary alicyclic amines) is 1. The van der Waals surface area contributed by atoms with Gasteiger partial charge in [-0.05, 0) is 81.5 Å². The van der Waals surface area contributed by atoms with Crippen molar-refractivity contribution >= 4 is 28.8 Å². The van der Waals surface area contributed by atoms with Gasteiger partial charge in [-0.3, -0.25) is 4.79 Å². The lowest BCUT2D eigenvalue weighted by molar-refractivity contribution is 0.0162. The fraction of sp³-hybridized carbons (Fsp3) is 0.382. The van der Waals surface area contributed by atoms with Gasteiger partial charge in [0.15, 0.2) is 5.58 Å². The van der Waals surface area contributed by atoms with Crippen molar-refractivity contribution in [2.24, 2.45) is 0 Å². The first-order chi connectivity index (χ1) is 19.9. The number of hydrogen-bond donors (Lipinski definition) is 2. The van der Waals surface area contributed by atoms with Gasteiger partial charge >= 0.3 is 6.09 Å². The van der Waals surface area contributed by atoms with Crippen LogP contribution in [0.3, 0.4) is 0 Å². The maximum atomic E-state index is 13.3. The van der Waals surface area contributed by atoms with Gasteiger partial charge in [-0.2, -0.15) is 0 Å². The third-order valence-corrected chi connectivity index (χ3v) is 7.90. The average molecular weight is 569 g/mol. The minimum Gasteiger partial charge on any atom is -0.444 e. The van der Waals surface area contributed by atoms with Crippen LogP contribution < -0.4 is 11.1 Å². The fourth-order valence-corrected chi connectivity index (χ4v) is 5.55. The smallest absolute Gasteiger partial charge is 0.410 e. The largest absolute Gasteiger partial charge is 0.444 e. The number of ether oxygens (including phenoxy) is 1. The molecule has 4 aromatic rings.